The van der Waals surface area contributed by atoms with Crippen LogP contribution in [0.25, 0.3) is 0 Å². The SMILES string of the molecule is COC(=O)C1O[C@@H](O)C(OC(=O)c2ccccc2)[C@@H](OC(=O)c2ccccc2)[C@@H]1O[Si](C)(C)C(C)(C)C. The quantitative estimate of drug-likeness (QED) is 0.325. The number of benzene rings is 2. The van der Waals surface area contributed by atoms with E-state index in [0.29, 0.717) is 0 Å². The summed E-state index contributed by atoms with van der Waals surface area (Å²) in [5.41, 5.74) is 0.456. The lowest BCUT2D eigenvalue weighted by Crippen LogP contribution is -2.65. The van der Waals surface area contributed by atoms with Crippen LogP contribution in [0.5, 0.6) is 0 Å². The zero-order valence-corrected chi connectivity index (χ0v) is 22.9. The van der Waals surface area contributed by atoms with E-state index in [2.05, 4.69) is 0 Å². The van der Waals surface area contributed by atoms with Crippen LogP contribution < -0.4 is 0 Å². The average Bonchev–Trinajstić information content (AvgIpc) is 2.87. The molecule has 200 valence electrons. The maximum absolute atomic E-state index is 13.1. The number of methoxy groups -OCH3 is 1. The molecule has 1 heterocycles. The third kappa shape index (κ3) is 6.64. The zero-order chi connectivity index (χ0) is 27.4. The Morgan fingerprint density at radius 3 is 1.70 bits per heavy atom. The van der Waals surface area contributed by atoms with Gasteiger partial charge in [-0.1, -0.05) is 57.2 Å². The summed E-state index contributed by atoms with van der Waals surface area (Å²) in [5.74, 6) is -2.33. The number of esters is 3. The predicted molar refractivity (Wildman–Crippen MR) is 136 cm³/mol. The van der Waals surface area contributed by atoms with E-state index >= 15 is 0 Å². The minimum Gasteiger partial charge on any atom is -0.467 e. The molecule has 0 spiro atoms. The van der Waals surface area contributed by atoms with Crippen molar-refractivity contribution in [2.45, 2.75) is 69.6 Å². The monoisotopic (exact) mass is 530 g/mol. The Morgan fingerprint density at radius 1 is 0.811 bits per heavy atom. The summed E-state index contributed by atoms with van der Waals surface area (Å²) in [6.07, 6.45) is -7.34. The predicted octanol–water partition coefficient (Wildman–Crippen LogP) is 3.72. The highest BCUT2D eigenvalue weighted by molar-refractivity contribution is 6.74. The summed E-state index contributed by atoms with van der Waals surface area (Å²) in [4.78, 5) is 38.8. The van der Waals surface area contributed by atoms with Gasteiger partial charge in [0.05, 0.1) is 18.2 Å². The topological polar surface area (TPSA) is 118 Å². The second kappa shape index (κ2) is 11.6. The van der Waals surface area contributed by atoms with Crippen molar-refractivity contribution in [3.63, 3.8) is 0 Å². The first-order valence-corrected chi connectivity index (χ1v) is 14.9. The highest BCUT2D eigenvalue weighted by Gasteiger charge is 2.56. The summed E-state index contributed by atoms with van der Waals surface area (Å²) in [5, 5.41) is 10.6. The molecule has 0 saturated carbocycles. The summed E-state index contributed by atoms with van der Waals surface area (Å²) in [6, 6.07) is 16.4. The molecule has 1 aliphatic rings. The number of hydrogen-bond donors (Lipinski definition) is 1. The number of hydrogen-bond acceptors (Lipinski definition) is 9. The van der Waals surface area contributed by atoms with Crippen LogP contribution in [0.1, 0.15) is 41.5 Å². The average molecular weight is 531 g/mol. The third-order valence-corrected chi connectivity index (χ3v) is 11.2. The normalized spacial score (nSPS) is 24.1. The Hall–Kier alpha value is -3.05. The van der Waals surface area contributed by atoms with Crippen LogP contribution in [0.4, 0.5) is 0 Å². The lowest BCUT2D eigenvalue weighted by atomic mass is 9.98. The van der Waals surface area contributed by atoms with E-state index in [9.17, 15) is 19.5 Å². The van der Waals surface area contributed by atoms with Crippen LogP contribution in [-0.2, 0) is 28.2 Å². The standard InChI is InChI=1S/C27H34O9Si/c1-27(2,3)37(5,6)36-20-19(33-23(28)17-13-9-7-10-14-17)21(26(31)35-22(20)25(30)32-4)34-24(29)18-15-11-8-12-16-18/h7-16,19-22,26,31H,1-6H3/t19-,20-,21?,22?,26+/m0/s1. The lowest BCUT2D eigenvalue weighted by Gasteiger charge is -2.47. The highest BCUT2D eigenvalue weighted by Crippen LogP contribution is 2.40. The minimum atomic E-state index is -2.62. The van der Waals surface area contributed by atoms with Gasteiger partial charge in [-0.3, -0.25) is 0 Å². The van der Waals surface area contributed by atoms with Gasteiger partial charge in [-0.2, -0.15) is 0 Å². The summed E-state index contributed by atoms with van der Waals surface area (Å²) >= 11 is 0. The number of carbonyl (C=O) groups is 3. The summed E-state index contributed by atoms with van der Waals surface area (Å²) in [7, 11) is -1.45. The molecular weight excluding hydrogens is 496 g/mol. The van der Waals surface area contributed by atoms with Gasteiger partial charge >= 0.3 is 17.9 Å². The molecule has 0 aliphatic carbocycles. The fourth-order valence-corrected chi connectivity index (χ4v) is 4.86. The van der Waals surface area contributed by atoms with Crippen LogP contribution in [0.3, 0.4) is 0 Å². The van der Waals surface area contributed by atoms with Gasteiger partial charge in [-0.15, -0.1) is 0 Å². The first-order chi connectivity index (χ1) is 17.4. The molecular formula is C27H34O9Si. The maximum atomic E-state index is 13.1. The van der Waals surface area contributed by atoms with Crippen molar-refractivity contribution < 1.29 is 42.9 Å². The zero-order valence-electron chi connectivity index (χ0n) is 21.9. The Bertz CT molecular complexity index is 1080. The van der Waals surface area contributed by atoms with Gasteiger partial charge in [0.15, 0.2) is 32.9 Å². The fourth-order valence-electron chi connectivity index (χ4n) is 3.57. The van der Waals surface area contributed by atoms with Gasteiger partial charge in [0, 0.05) is 0 Å². The fraction of sp³-hybridized carbons (Fsp3) is 0.444. The second-order valence-corrected chi connectivity index (χ2v) is 15.0. The van der Waals surface area contributed by atoms with Crippen LogP contribution in [0.15, 0.2) is 60.7 Å². The maximum Gasteiger partial charge on any atom is 0.338 e. The Morgan fingerprint density at radius 2 is 1.27 bits per heavy atom. The molecule has 0 bridgehead atoms. The molecule has 0 radical (unpaired) electrons. The minimum absolute atomic E-state index is 0.222. The van der Waals surface area contributed by atoms with E-state index in [4.69, 9.17) is 23.4 Å². The molecule has 1 aliphatic heterocycles. The van der Waals surface area contributed by atoms with Gasteiger partial charge in [0.1, 0.15) is 6.10 Å². The van der Waals surface area contributed by atoms with Crippen LogP contribution in [0, 0.1) is 0 Å². The van der Waals surface area contributed by atoms with Crippen molar-refractivity contribution in [3.05, 3.63) is 71.8 Å². The molecule has 2 unspecified atom stereocenters. The van der Waals surface area contributed by atoms with Gasteiger partial charge in [0.25, 0.3) is 0 Å². The Kier molecular flexibility index (Phi) is 8.91. The molecule has 1 saturated heterocycles. The van der Waals surface area contributed by atoms with Gasteiger partial charge in [-0.25, -0.2) is 14.4 Å². The number of carbonyl (C=O) groups excluding carboxylic acids is 3. The van der Waals surface area contributed by atoms with Crippen LogP contribution in [0.2, 0.25) is 18.1 Å². The summed E-state index contributed by atoms with van der Waals surface area (Å²) < 4.78 is 28.5. The Balaban J connectivity index is 2.05. The van der Waals surface area contributed by atoms with Gasteiger partial charge in [-0.05, 0) is 42.4 Å². The largest absolute Gasteiger partial charge is 0.467 e. The van der Waals surface area contributed by atoms with Crippen molar-refractivity contribution in [2.75, 3.05) is 7.11 Å². The van der Waals surface area contributed by atoms with Gasteiger partial charge < -0.3 is 28.5 Å². The first kappa shape index (κ1) is 28.5. The molecule has 2 aromatic carbocycles. The van der Waals surface area contributed by atoms with Crippen LogP contribution >= 0.6 is 0 Å². The second-order valence-electron chi connectivity index (χ2n) is 10.3. The number of ether oxygens (including phenoxy) is 4. The van der Waals surface area contributed by atoms with E-state index in [1.165, 1.54) is 7.11 Å². The van der Waals surface area contributed by atoms with Crippen molar-refractivity contribution in [1.29, 1.82) is 0 Å². The number of rotatable bonds is 7. The molecule has 1 fully saturated rings. The Labute approximate surface area is 217 Å². The number of aliphatic hydroxyl groups excluding tert-OH is 1. The highest BCUT2D eigenvalue weighted by atomic mass is 28.4. The summed E-state index contributed by atoms with van der Waals surface area (Å²) in [6.45, 7) is 9.91. The smallest absolute Gasteiger partial charge is 0.338 e. The molecule has 37 heavy (non-hydrogen) atoms. The van der Waals surface area contributed by atoms with E-state index in [1.807, 2.05) is 33.9 Å². The first-order valence-electron chi connectivity index (χ1n) is 12.0. The van der Waals surface area contributed by atoms with Crippen LogP contribution in [-0.4, -0.2) is 69.1 Å². The molecule has 9 nitrogen and oxygen atoms in total. The molecule has 0 amide bonds. The molecule has 3 rings (SSSR count). The van der Waals surface area contributed by atoms with Crippen molar-refractivity contribution in [1.82, 2.24) is 0 Å². The molecule has 10 heteroatoms. The van der Waals surface area contributed by atoms with E-state index < -0.39 is 56.9 Å². The third-order valence-electron chi connectivity index (χ3n) is 6.69. The molecule has 0 aromatic heterocycles. The van der Waals surface area contributed by atoms with Gasteiger partial charge in [0.2, 0.25) is 0 Å². The molecule has 5 atom stereocenters. The van der Waals surface area contributed by atoms with Crippen molar-refractivity contribution >= 4 is 26.2 Å². The lowest BCUT2D eigenvalue weighted by molar-refractivity contribution is -0.276. The van der Waals surface area contributed by atoms with Crippen molar-refractivity contribution in [2.24, 2.45) is 0 Å². The van der Waals surface area contributed by atoms with E-state index in [-0.39, 0.29) is 16.2 Å². The van der Waals surface area contributed by atoms with E-state index in [0.717, 1.165) is 0 Å². The molecule has 1 N–H and O–H groups in total. The number of aliphatic hydroxyl groups is 1. The molecule has 2 aromatic rings. The van der Waals surface area contributed by atoms with Crippen molar-refractivity contribution in [3.8, 4) is 0 Å². The van der Waals surface area contributed by atoms with E-state index in [1.54, 1.807) is 60.7 Å².